The van der Waals surface area contributed by atoms with Gasteiger partial charge in [0.2, 0.25) is 5.91 Å². The molecule has 2 aromatic heterocycles. The van der Waals surface area contributed by atoms with Crippen molar-refractivity contribution < 1.29 is 19.1 Å². The van der Waals surface area contributed by atoms with Crippen LogP contribution in [0.25, 0.3) is 10.2 Å². The van der Waals surface area contributed by atoms with E-state index in [1.165, 1.54) is 37.3 Å². The molecule has 0 unspecified atom stereocenters. The first kappa shape index (κ1) is 24.5. The molecule has 4 aromatic rings. The predicted molar refractivity (Wildman–Crippen MR) is 135 cm³/mol. The highest BCUT2D eigenvalue weighted by atomic mass is 32.2. The topological polar surface area (TPSA) is 120 Å². The lowest BCUT2D eigenvalue weighted by Gasteiger charge is -2.11. The number of thioether (sulfide) groups is 1. The first-order valence-electron chi connectivity index (χ1n) is 10.7. The second-order valence-electron chi connectivity index (χ2n) is 7.22. The standard InChI is InChI=1S/C23H24N6O4S2/c1-4-29-19(12-24-21(31)14-9-10-16(32-2)17(11-14)33-3)27-28-23(29)34-13-20(30)26-22-25-15-7-5-6-8-18(15)35-22/h5-11H,4,12-13H2,1-3H3,(H,24,31)(H,25,26,30). The zero-order valence-corrected chi connectivity index (χ0v) is 21.0. The molecule has 0 aliphatic heterocycles. The van der Waals surface area contributed by atoms with Crippen LogP contribution in [0.2, 0.25) is 0 Å². The molecule has 2 aromatic carbocycles. The summed E-state index contributed by atoms with van der Waals surface area (Å²) in [5.74, 6) is 1.31. The van der Waals surface area contributed by atoms with E-state index in [1.54, 1.807) is 18.2 Å². The van der Waals surface area contributed by atoms with Crippen molar-refractivity contribution in [3.63, 3.8) is 0 Å². The number of nitrogens with one attached hydrogen (secondary N) is 2. The van der Waals surface area contributed by atoms with Gasteiger partial charge in [-0.25, -0.2) is 4.98 Å². The van der Waals surface area contributed by atoms with Crippen LogP contribution >= 0.6 is 23.1 Å². The monoisotopic (exact) mass is 512 g/mol. The number of rotatable bonds is 10. The van der Waals surface area contributed by atoms with Gasteiger partial charge in [0.15, 0.2) is 27.6 Å². The lowest BCUT2D eigenvalue weighted by atomic mass is 10.2. The fourth-order valence-electron chi connectivity index (χ4n) is 3.32. The Labute approximate surface area is 210 Å². The quantitative estimate of drug-likeness (QED) is 0.309. The van der Waals surface area contributed by atoms with Crippen molar-refractivity contribution in [2.45, 2.75) is 25.2 Å². The molecular weight excluding hydrogens is 488 g/mol. The summed E-state index contributed by atoms with van der Waals surface area (Å²) >= 11 is 2.71. The Hall–Kier alpha value is -3.64. The molecule has 4 rings (SSSR count). The molecular formula is C23H24N6O4S2. The summed E-state index contributed by atoms with van der Waals surface area (Å²) in [6.45, 7) is 2.73. The minimum atomic E-state index is -0.277. The number of hydrogen-bond donors (Lipinski definition) is 2. The second-order valence-corrected chi connectivity index (χ2v) is 9.19. The van der Waals surface area contributed by atoms with Gasteiger partial charge in [-0.05, 0) is 37.3 Å². The van der Waals surface area contributed by atoms with Gasteiger partial charge in [-0.3, -0.25) is 9.59 Å². The van der Waals surface area contributed by atoms with Crippen molar-refractivity contribution in [1.82, 2.24) is 25.1 Å². The number of nitrogens with zero attached hydrogens (tertiary/aromatic N) is 4. The summed E-state index contributed by atoms with van der Waals surface area (Å²) in [7, 11) is 3.05. The van der Waals surface area contributed by atoms with Gasteiger partial charge in [-0.15, -0.1) is 10.2 Å². The van der Waals surface area contributed by atoms with Crippen LogP contribution in [0.5, 0.6) is 11.5 Å². The molecule has 2 heterocycles. The number of benzene rings is 2. The Morgan fingerprint density at radius 1 is 1.09 bits per heavy atom. The number of anilines is 1. The van der Waals surface area contributed by atoms with Crippen molar-refractivity contribution in [3.8, 4) is 11.5 Å². The number of ether oxygens (including phenoxy) is 2. The zero-order chi connectivity index (χ0) is 24.8. The maximum absolute atomic E-state index is 12.6. The van der Waals surface area contributed by atoms with E-state index in [0.29, 0.717) is 39.7 Å². The Bertz CT molecular complexity index is 1320. The molecule has 0 fully saturated rings. The largest absolute Gasteiger partial charge is 0.493 e. The van der Waals surface area contributed by atoms with E-state index in [-0.39, 0.29) is 24.1 Å². The SMILES string of the molecule is CCn1c(CNC(=O)c2ccc(OC)c(OC)c2)nnc1SCC(=O)Nc1nc2ccccc2s1. The Kier molecular flexibility index (Phi) is 7.83. The molecule has 182 valence electrons. The highest BCUT2D eigenvalue weighted by Gasteiger charge is 2.16. The number of methoxy groups -OCH3 is 2. The summed E-state index contributed by atoms with van der Waals surface area (Å²) in [5, 5.41) is 15.2. The van der Waals surface area contributed by atoms with Crippen molar-refractivity contribution in [2.24, 2.45) is 0 Å². The molecule has 0 atom stereocenters. The first-order chi connectivity index (χ1) is 17.0. The molecule has 0 aliphatic rings. The van der Waals surface area contributed by atoms with Gasteiger partial charge in [0, 0.05) is 12.1 Å². The minimum absolute atomic E-state index is 0.159. The Morgan fingerprint density at radius 2 is 1.89 bits per heavy atom. The maximum Gasteiger partial charge on any atom is 0.251 e. The average molecular weight is 513 g/mol. The lowest BCUT2D eigenvalue weighted by Crippen LogP contribution is -2.25. The van der Waals surface area contributed by atoms with Gasteiger partial charge < -0.3 is 24.7 Å². The number of fused-ring (bicyclic) bond motifs is 1. The van der Waals surface area contributed by atoms with E-state index >= 15 is 0 Å². The van der Waals surface area contributed by atoms with Gasteiger partial charge >= 0.3 is 0 Å². The molecule has 2 N–H and O–H groups in total. The molecule has 0 aliphatic carbocycles. The Morgan fingerprint density at radius 3 is 2.63 bits per heavy atom. The molecule has 0 bridgehead atoms. The number of carbonyl (C=O) groups excluding carboxylic acids is 2. The third-order valence-corrected chi connectivity index (χ3v) is 6.95. The van der Waals surface area contributed by atoms with Gasteiger partial charge in [0.05, 0.1) is 36.7 Å². The van der Waals surface area contributed by atoms with Gasteiger partial charge in [-0.1, -0.05) is 35.2 Å². The Balaban J connectivity index is 1.34. The molecule has 0 saturated heterocycles. The molecule has 0 radical (unpaired) electrons. The maximum atomic E-state index is 12.6. The second kappa shape index (κ2) is 11.2. The fourth-order valence-corrected chi connectivity index (χ4v) is 5.03. The third-order valence-electron chi connectivity index (χ3n) is 5.04. The smallest absolute Gasteiger partial charge is 0.251 e. The lowest BCUT2D eigenvalue weighted by molar-refractivity contribution is -0.113. The molecule has 35 heavy (non-hydrogen) atoms. The van der Waals surface area contributed by atoms with E-state index in [4.69, 9.17) is 9.47 Å². The number of hydrogen-bond acceptors (Lipinski definition) is 9. The number of aromatic nitrogens is 4. The van der Waals surface area contributed by atoms with Gasteiger partial charge in [0.1, 0.15) is 0 Å². The third kappa shape index (κ3) is 5.72. The number of carbonyl (C=O) groups is 2. The van der Waals surface area contributed by atoms with Crippen molar-refractivity contribution in [1.29, 1.82) is 0 Å². The van der Waals surface area contributed by atoms with Crippen molar-refractivity contribution in [2.75, 3.05) is 25.3 Å². The van der Waals surface area contributed by atoms with Crippen LogP contribution in [0.1, 0.15) is 23.1 Å². The van der Waals surface area contributed by atoms with Gasteiger partial charge in [-0.2, -0.15) is 0 Å². The summed E-state index contributed by atoms with van der Waals surface area (Å²) < 4.78 is 13.3. The highest BCUT2D eigenvalue weighted by molar-refractivity contribution is 7.99. The first-order valence-corrected chi connectivity index (χ1v) is 12.5. The predicted octanol–water partition coefficient (Wildman–Crippen LogP) is 3.59. The van der Waals surface area contributed by atoms with Crippen LogP contribution in [0.3, 0.4) is 0 Å². The average Bonchev–Trinajstić information content (AvgIpc) is 3.48. The number of amides is 2. The summed E-state index contributed by atoms with van der Waals surface area (Å²) in [6, 6.07) is 12.7. The van der Waals surface area contributed by atoms with Crippen molar-refractivity contribution in [3.05, 3.63) is 53.9 Å². The van der Waals surface area contributed by atoms with E-state index in [0.717, 1.165) is 10.2 Å². The molecule has 0 saturated carbocycles. The van der Waals surface area contributed by atoms with Crippen LogP contribution in [-0.4, -0.2) is 51.5 Å². The van der Waals surface area contributed by atoms with Gasteiger partial charge in [0.25, 0.3) is 5.91 Å². The van der Waals surface area contributed by atoms with Crippen LogP contribution in [0, 0.1) is 0 Å². The summed E-state index contributed by atoms with van der Waals surface area (Å²) in [6.07, 6.45) is 0. The summed E-state index contributed by atoms with van der Waals surface area (Å²) in [5.41, 5.74) is 1.29. The highest BCUT2D eigenvalue weighted by Crippen LogP contribution is 2.28. The zero-order valence-electron chi connectivity index (χ0n) is 19.4. The van der Waals surface area contributed by atoms with Crippen LogP contribution in [-0.2, 0) is 17.9 Å². The van der Waals surface area contributed by atoms with E-state index in [9.17, 15) is 9.59 Å². The fraction of sp³-hybridized carbons (Fsp3) is 0.261. The molecule has 2 amide bonds. The normalized spacial score (nSPS) is 10.8. The minimum Gasteiger partial charge on any atom is -0.493 e. The van der Waals surface area contributed by atoms with E-state index in [2.05, 4.69) is 25.8 Å². The van der Waals surface area contributed by atoms with Crippen LogP contribution in [0.4, 0.5) is 5.13 Å². The van der Waals surface area contributed by atoms with Crippen LogP contribution < -0.4 is 20.1 Å². The number of para-hydroxylation sites is 1. The molecule has 10 nitrogen and oxygen atoms in total. The molecule has 0 spiro atoms. The summed E-state index contributed by atoms with van der Waals surface area (Å²) in [4.78, 5) is 29.5. The van der Waals surface area contributed by atoms with Crippen molar-refractivity contribution >= 4 is 50.3 Å². The number of thiazole rings is 1. The van der Waals surface area contributed by atoms with E-state index < -0.39 is 0 Å². The van der Waals surface area contributed by atoms with E-state index in [1.807, 2.05) is 35.8 Å². The molecule has 12 heteroatoms. The van der Waals surface area contributed by atoms with Crippen LogP contribution in [0.15, 0.2) is 47.6 Å².